The summed E-state index contributed by atoms with van der Waals surface area (Å²) in [5, 5.41) is 5.73. The first kappa shape index (κ1) is 19.4. The molecule has 27 heavy (non-hydrogen) atoms. The first-order valence-electron chi connectivity index (χ1n) is 9.47. The van der Waals surface area contributed by atoms with E-state index in [1.807, 2.05) is 10.9 Å². The summed E-state index contributed by atoms with van der Waals surface area (Å²) in [5.41, 5.74) is 3.66. The molecular formula is C19H25BrN2O4S. The maximum atomic E-state index is 11.1. The summed E-state index contributed by atoms with van der Waals surface area (Å²) >= 11 is 3.82. The van der Waals surface area contributed by atoms with Crippen molar-refractivity contribution in [3.63, 3.8) is 0 Å². The van der Waals surface area contributed by atoms with Gasteiger partial charge in [0, 0.05) is 16.5 Å². The highest BCUT2D eigenvalue weighted by Gasteiger charge is 2.40. The van der Waals surface area contributed by atoms with Gasteiger partial charge in [0.2, 0.25) is 0 Å². The fraction of sp³-hybridized carbons (Fsp3) is 0.632. The Morgan fingerprint density at radius 2 is 2.22 bits per heavy atom. The van der Waals surface area contributed by atoms with Crippen molar-refractivity contribution >= 4 is 37.0 Å². The molecular weight excluding hydrogens is 432 g/mol. The number of hydrogen-bond donors (Lipinski definition) is 0. The minimum absolute atomic E-state index is 0.0233. The maximum absolute atomic E-state index is 11.1. The molecule has 8 heteroatoms. The number of halogens is 1. The van der Waals surface area contributed by atoms with Gasteiger partial charge in [-0.15, -0.1) is 0 Å². The van der Waals surface area contributed by atoms with Gasteiger partial charge in [-0.25, -0.2) is 4.68 Å². The zero-order valence-corrected chi connectivity index (χ0v) is 18.1. The molecule has 1 aromatic carbocycles. The van der Waals surface area contributed by atoms with Crippen LogP contribution in [0.25, 0.3) is 10.9 Å². The van der Waals surface area contributed by atoms with Crippen molar-refractivity contribution < 1.29 is 17.3 Å². The van der Waals surface area contributed by atoms with Crippen molar-refractivity contribution in [3.8, 4) is 0 Å². The average molecular weight is 457 g/mol. The lowest BCUT2D eigenvalue weighted by atomic mass is 10.00. The highest BCUT2D eigenvalue weighted by molar-refractivity contribution is 9.10. The minimum atomic E-state index is -3.36. The summed E-state index contributed by atoms with van der Waals surface area (Å²) in [7, 11) is -3.36. The molecule has 0 N–H and O–H groups in total. The van der Waals surface area contributed by atoms with E-state index < -0.39 is 10.1 Å². The van der Waals surface area contributed by atoms with Crippen molar-refractivity contribution in [2.45, 2.75) is 51.2 Å². The number of aryl methyl sites for hydroxylation is 1. The number of rotatable bonds is 6. The van der Waals surface area contributed by atoms with Crippen LogP contribution in [0.3, 0.4) is 0 Å². The Balaban J connectivity index is 1.55. The molecule has 0 spiro atoms. The molecule has 1 saturated heterocycles. The van der Waals surface area contributed by atoms with E-state index in [9.17, 15) is 8.42 Å². The van der Waals surface area contributed by atoms with Crippen LogP contribution in [-0.4, -0.2) is 37.7 Å². The highest BCUT2D eigenvalue weighted by atomic mass is 79.9. The Hall–Kier alpha value is -0.960. The van der Waals surface area contributed by atoms with E-state index in [0.29, 0.717) is 11.8 Å². The van der Waals surface area contributed by atoms with Gasteiger partial charge in [0.1, 0.15) is 0 Å². The van der Waals surface area contributed by atoms with E-state index in [-0.39, 0.29) is 12.8 Å². The van der Waals surface area contributed by atoms with E-state index in [0.717, 1.165) is 53.9 Å². The van der Waals surface area contributed by atoms with Gasteiger partial charge in [-0.2, -0.15) is 13.5 Å². The second-order valence-corrected chi connectivity index (χ2v) is 10.1. The number of benzene rings is 1. The smallest absolute Gasteiger partial charge is 0.264 e. The molecule has 0 amide bonds. The Morgan fingerprint density at radius 1 is 1.41 bits per heavy atom. The standard InChI is InChI=1S/C19H25BrN2O4S/c1-12-9-16-15(11-21-22(16)17-5-3-4-7-25-17)19(20)18(12)14-10-13(14)6-8-26-27(2,23)24/h9,11,13-14,17H,3-8,10H2,1-2H3/t13-,14+,17+/m0/s1. The second-order valence-electron chi connectivity index (χ2n) is 7.68. The number of ether oxygens (including phenoxy) is 1. The lowest BCUT2D eigenvalue weighted by Gasteiger charge is -2.23. The van der Waals surface area contributed by atoms with E-state index in [2.05, 4.69) is 34.0 Å². The highest BCUT2D eigenvalue weighted by Crippen LogP contribution is 2.53. The third-order valence-corrected chi connectivity index (χ3v) is 7.04. The van der Waals surface area contributed by atoms with Gasteiger partial charge in [-0.1, -0.05) is 0 Å². The van der Waals surface area contributed by atoms with E-state index >= 15 is 0 Å². The number of aromatic nitrogens is 2. The van der Waals surface area contributed by atoms with Crippen LogP contribution in [0.2, 0.25) is 0 Å². The number of hydrogen-bond acceptors (Lipinski definition) is 5. The molecule has 148 valence electrons. The summed E-state index contributed by atoms with van der Waals surface area (Å²) in [6.45, 7) is 3.19. The largest absolute Gasteiger partial charge is 0.356 e. The van der Waals surface area contributed by atoms with Crippen molar-refractivity contribution in [2.24, 2.45) is 5.92 Å². The first-order chi connectivity index (χ1) is 12.8. The summed E-state index contributed by atoms with van der Waals surface area (Å²) < 4.78 is 36.2. The molecule has 1 aromatic heterocycles. The van der Waals surface area contributed by atoms with Crippen molar-refractivity contribution in [3.05, 3.63) is 27.9 Å². The molecule has 0 unspecified atom stereocenters. The van der Waals surface area contributed by atoms with Crippen molar-refractivity contribution in [2.75, 3.05) is 19.5 Å². The fourth-order valence-electron chi connectivity index (χ4n) is 4.16. The Labute approximate surface area is 168 Å². The van der Waals surface area contributed by atoms with Crippen LogP contribution in [0.1, 0.15) is 55.4 Å². The van der Waals surface area contributed by atoms with Crippen LogP contribution >= 0.6 is 15.9 Å². The van der Waals surface area contributed by atoms with Gasteiger partial charge < -0.3 is 4.74 Å². The van der Waals surface area contributed by atoms with Crippen LogP contribution in [-0.2, 0) is 19.0 Å². The lowest BCUT2D eigenvalue weighted by Crippen LogP contribution is -2.19. The van der Waals surface area contributed by atoms with Gasteiger partial charge >= 0.3 is 0 Å². The Bertz CT molecular complexity index is 950. The van der Waals surface area contributed by atoms with Gasteiger partial charge in [0.05, 0.1) is 24.6 Å². The normalized spacial score (nSPS) is 25.8. The summed E-state index contributed by atoms with van der Waals surface area (Å²) in [4.78, 5) is 0. The predicted octanol–water partition coefficient (Wildman–Crippen LogP) is 4.28. The predicted molar refractivity (Wildman–Crippen MR) is 107 cm³/mol. The van der Waals surface area contributed by atoms with Gasteiger partial charge in [0.25, 0.3) is 10.1 Å². The van der Waals surface area contributed by atoms with Crippen LogP contribution in [0.4, 0.5) is 0 Å². The van der Waals surface area contributed by atoms with Crippen LogP contribution in [0.15, 0.2) is 16.7 Å². The molecule has 3 atom stereocenters. The Kier molecular flexibility index (Phi) is 5.35. The van der Waals surface area contributed by atoms with Crippen molar-refractivity contribution in [1.29, 1.82) is 0 Å². The van der Waals surface area contributed by atoms with Crippen LogP contribution in [0, 0.1) is 12.8 Å². The Morgan fingerprint density at radius 3 is 2.93 bits per heavy atom. The molecule has 0 radical (unpaired) electrons. The first-order valence-corrected chi connectivity index (χ1v) is 12.1. The summed E-state index contributed by atoms with van der Waals surface area (Å²) in [5.74, 6) is 0.914. The molecule has 1 saturated carbocycles. The van der Waals surface area contributed by atoms with Crippen molar-refractivity contribution in [1.82, 2.24) is 9.78 Å². The zero-order chi connectivity index (χ0) is 19.2. The molecule has 2 aromatic rings. The van der Waals surface area contributed by atoms with Crippen LogP contribution < -0.4 is 0 Å². The summed E-state index contributed by atoms with van der Waals surface area (Å²) in [6, 6.07) is 2.21. The topological polar surface area (TPSA) is 70.4 Å². The molecule has 0 bridgehead atoms. The average Bonchev–Trinajstić information content (AvgIpc) is 3.22. The van der Waals surface area contributed by atoms with Gasteiger partial charge in [-0.05, 0) is 84.0 Å². The van der Waals surface area contributed by atoms with Crippen LogP contribution in [0.5, 0.6) is 0 Å². The summed E-state index contributed by atoms with van der Waals surface area (Å²) in [6.07, 6.45) is 8.16. The molecule has 1 aliphatic heterocycles. The quantitative estimate of drug-likeness (QED) is 0.606. The minimum Gasteiger partial charge on any atom is -0.356 e. The monoisotopic (exact) mass is 456 g/mol. The molecule has 6 nitrogen and oxygen atoms in total. The second kappa shape index (κ2) is 7.46. The molecule has 1 aliphatic carbocycles. The van der Waals surface area contributed by atoms with E-state index in [4.69, 9.17) is 8.92 Å². The van der Waals surface area contributed by atoms with E-state index in [1.165, 1.54) is 17.5 Å². The molecule has 2 heterocycles. The fourth-order valence-corrected chi connectivity index (χ4v) is 5.47. The number of fused-ring (bicyclic) bond motifs is 1. The maximum Gasteiger partial charge on any atom is 0.264 e. The molecule has 4 rings (SSSR count). The van der Waals surface area contributed by atoms with E-state index in [1.54, 1.807) is 0 Å². The SMILES string of the molecule is Cc1cc2c(cnn2[C@H]2CCCCO2)c(Br)c1[C@@H]1C[C@@H]1CCOS(C)(=O)=O. The molecule has 2 aliphatic rings. The third-order valence-electron chi connectivity index (χ3n) is 5.59. The molecule has 2 fully saturated rings. The third kappa shape index (κ3) is 4.09. The van der Waals surface area contributed by atoms with Gasteiger partial charge in [0.15, 0.2) is 6.23 Å². The lowest BCUT2D eigenvalue weighted by molar-refractivity contribution is -0.0366. The number of nitrogens with zero attached hydrogens (tertiary/aromatic N) is 2. The zero-order valence-electron chi connectivity index (χ0n) is 15.7. The van der Waals surface area contributed by atoms with Gasteiger partial charge in [-0.3, -0.25) is 4.18 Å².